The van der Waals surface area contributed by atoms with E-state index in [1.54, 1.807) is 37.4 Å². The van der Waals surface area contributed by atoms with Crippen molar-refractivity contribution < 1.29 is 13.9 Å². The van der Waals surface area contributed by atoms with Gasteiger partial charge in [0.1, 0.15) is 17.6 Å². The summed E-state index contributed by atoms with van der Waals surface area (Å²) in [6.45, 7) is 0. The van der Waals surface area contributed by atoms with E-state index in [0.717, 1.165) is 0 Å². The molecule has 4 nitrogen and oxygen atoms in total. The number of halogens is 2. The predicted octanol–water partition coefficient (Wildman–Crippen LogP) is 3.24. The number of amides is 1. The van der Waals surface area contributed by atoms with Crippen molar-refractivity contribution in [2.24, 2.45) is 5.73 Å². The van der Waals surface area contributed by atoms with Gasteiger partial charge in [-0.3, -0.25) is 4.79 Å². The molecular weight excluding hydrogens is 339 g/mol. The molecular formula is C15H14BrFN2O2. The van der Waals surface area contributed by atoms with Gasteiger partial charge in [-0.15, -0.1) is 0 Å². The Kier molecular flexibility index (Phi) is 4.80. The highest BCUT2D eigenvalue weighted by Crippen LogP contribution is 2.26. The number of nitrogens with one attached hydrogen (secondary N) is 1. The fourth-order valence-electron chi connectivity index (χ4n) is 1.92. The molecule has 0 spiro atoms. The number of primary amides is 1. The topological polar surface area (TPSA) is 64.3 Å². The van der Waals surface area contributed by atoms with Crippen LogP contribution in [0.25, 0.3) is 0 Å². The average Bonchev–Trinajstić information content (AvgIpc) is 2.45. The van der Waals surface area contributed by atoms with Gasteiger partial charge in [0.25, 0.3) is 0 Å². The maximum absolute atomic E-state index is 14.0. The Morgan fingerprint density at radius 2 is 2.10 bits per heavy atom. The van der Waals surface area contributed by atoms with Crippen LogP contribution in [0.2, 0.25) is 0 Å². The second kappa shape index (κ2) is 6.58. The molecule has 1 atom stereocenters. The summed E-state index contributed by atoms with van der Waals surface area (Å²) in [7, 11) is 1.54. The molecule has 1 amide bonds. The minimum Gasteiger partial charge on any atom is -0.497 e. The Hall–Kier alpha value is -2.08. The van der Waals surface area contributed by atoms with Gasteiger partial charge in [-0.1, -0.05) is 28.1 Å². The fraction of sp³-hybridized carbons (Fsp3) is 0.133. The third kappa shape index (κ3) is 3.72. The number of ether oxygens (including phenoxy) is 1. The van der Waals surface area contributed by atoms with Crippen LogP contribution in [0, 0.1) is 5.82 Å². The highest BCUT2D eigenvalue weighted by molar-refractivity contribution is 9.10. The summed E-state index contributed by atoms with van der Waals surface area (Å²) in [5, 5.41) is 2.92. The number of nitrogens with two attached hydrogens (primary N) is 1. The molecule has 1 unspecified atom stereocenters. The van der Waals surface area contributed by atoms with Gasteiger partial charge in [0, 0.05) is 21.8 Å². The summed E-state index contributed by atoms with van der Waals surface area (Å²) < 4.78 is 19.7. The van der Waals surface area contributed by atoms with Gasteiger partial charge < -0.3 is 15.8 Å². The second-order valence-electron chi connectivity index (χ2n) is 4.38. The van der Waals surface area contributed by atoms with Crippen molar-refractivity contribution in [1.82, 2.24) is 0 Å². The molecule has 0 saturated carbocycles. The Bertz CT molecular complexity index is 664. The molecule has 3 N–H and O–H groups in total. The van der Waals surface area contributed by atoms with Crippen molar-refractivity contribution in [2.75, 3.05) is 12.4 Å². The normalized spacial score (nSPS) is 11.8. The highest BCUT2D eigenvalue weighted by Gasteiger charge is 2.21. The van der Waals surface area contributed by atoms with Gasteiger partial charge in [-0.05, 0) is 24.3 Å². The van der Waals surface area contributed by atoms with E-state index in [1.165, 1.54) is 12.1 Å². The Morgan fingerprint density at radius 1 is 1.33 bits per heavy atom. The number of carbonyl (C=O) groups is 1. The zero-order valence-corrected chi connectivity index (χ0v) is 12.9. The fourth-order valence-corrected chi connectivity index (χ4v) is 2.25. The maximum Gasteiger partial charge on any atom is 0.244 e. The molecule has 2 aromatic carbocycles. The number of methoxy groups -OCH3 is 1. The quantitative estimate of drug-likeness (QED) is 0.868. The lowest BCUT2D eigenvalue weighted by atomic mass is 10.1. The van der Waals surface area contributed by atoms with Crippen molar-refractivity contribution >= 4 is 27.5 Å². The first kappa shape index (κ1) is 15.3. The lowest BCUT2D eigenvalue weighted by Gasteiger charge is -2.18. The van der Waals surface area contributed by atoms with Crippen LogP contribution in [0.15, 0.2) is 46.9 Å². The van der Waals surface area contributed by atoms with Crippen LogP contribution < -0.4 is 15.8 Å². The summed E-state index contributed by atoms with van der Waals surface area (Å²) in [5.74, 6) is -0.554. The zero-order chi connectivity index (χ0) is 15.4. The molecule has 0 radical (unpaired) electrons. The number of hydrogen-bond acceptors (Lipinski definition) is 3. The van der Waals surface area contributed by atoms with Crippen molar-refractivity contribution in [1.29, 1.82) is 0 Å². The van der Waals surface area contributed by atoms with Crippen LogP contribution in [-0.4, -0.2) is 13.0 Å². The Balaban J connectivity index is 2.33. The highest BCUT2D eigenvalue weighted by atomic mass is 79.9. The third-order valence-electron chi connectivity index (χ3n) is 2.94. The zero-order valence-electron chi connectivity index (χ0n) is 11.3. The molecule has 0 aliphatic rings. The number of benzene rings is 2. The standard InChI is InChI=1S/C15H14BrFN2O2/c1-21-11-4-2-3-10(8-11)19-14(15(18)20)12-6-5-9(16)7-13(12)17/h2-8,14,19H,1H3,(H2,18,20). The number of carbonyl (C=O) groups excluding carboxylic acids is 1. The maximum atomic E-state index is 14.0. The minimum absolute atomic E-state index is 0.188. The van der Waals surface area contributed by atoms with Gasteiger partial charge >= 0.3 is 0 Å². The molecule has 0 aliphatic carbocycles. The summed E-state index contributed by atoms with van der Waals surface area (Å²) >= 11 is 3.18. The third-order valence-corrected chi connectivity index (χ3v) is 3.43. The first-order chi connectivity index (χ1) is 10.0. The number of anilines is 1. The monoisotopic (exact) mass is 352 g/mol. The molecule has 0 fully saturated rings. The van der Waals surface area contributed by atoms with Crippen molar-refractivity contribution in [3.63, 3.8) is 0 Å². The van der Waals surface area contributed by atoms with Crippen molar-refractivity contribution in [2.45, 2.75) is 6.04 Å². The van der Waals surface area contributed by atoms with E-state index in [9.17, 15) is 9.18 Å². The van der Waals surface area contributed by atoms with E-state index in [1.807, 2.05) is 0 Å². The number of hydrogen-bond donors (Lipinski definition) is 2. The van der Waals surface area contributed by atoms with Crippen LogP contribution in [0.5, 0.6) is 5.75 Å². The van der Waals surface area contributed by atoms with E-state index in [0.29, 0.717) is 15.9 Å². The molecule has 0 aromatic heterocycles. The van der Waals surface area contributed by atoms with E-state index in [4.69, 9.17) is 10.5 Å². The molecule has 0 heterocycles. The molecule has 110 valence electrons. The molecule has 0 saturated heterocycles. The summed E-state index contributed by atoms with van der Waals surface area (Å²) in [4.78, 5) is 11.6. The van der Waals surface area contributed by atoms with Crippen LogP contribution in [0.1, 0.15) is 11.6 Å². The minimum atomic E-state index is -0.967. The predicted molar refractivity (Wildman–Crippen MR) is 82.7 cm³/mol. The summed E-state index contributed by atoms with van der Waals surface area (Å²) in [6, 6.07) is 10.5. The van der Waals surface area contributed by atoms with Crippen LogP contribution >= 0.6 is 15.9 Å². The van der Waals surface area contributed by atoms with E-state index >= 15 is 0 Å². The van der Waals surface area contributed by atoms with Gasteiger partial charge in [0.15, 0.2) is 0 Å². The van der Waals surface area contributed by atoms with Crippen LogP contribution in [0.4, 0.5) is 10.1 Å². The lowest BCUT2D eigenvalue weighted by molar-refractivity contribution is -0.118. The van der Waals surface area contributed by atoms with Crippen molar-refractivity contribution in [3.8, 4) is 5.75 Å². The van der Waals surface area contributed by atoms with Gasteiger partial charge in [0.05, 0.1) is 7.11 Å². The second-order valence-corrected chi connectivity index (χ2v) is 5.29. The van der Waals surface area contributed by atoms with Crippen LogP contribution in [0.3, 0.4) is 0 Å². The molecule has 2 aromatic rings. The molecule has 2 rings (SSSR count). The molecule has 21 heavy (non-hydrogen) atoms. The Labute approximate surface area is 130 Å². The summed E-state index contributed by atoms with van der Waals surface area (Å²) in [5.41, 5.74) is 6.18. The van der Waals surface area contributed by atoms with E-state index in [-0.39, 0.29) is 5.56 Å². The molecule has 0 aliphatic heterocycles. The first-order valence-electron chi connectivity index (χ1n) is 6.16. The van der Waals surface area contributed by atoms with Crippen molar-refractivity contribution in [3.05, 3.63) is 58.3 Å². The van der Waals surface area contributed by atoms with Gasteiger partial charge in [-0.25, -0.2) is 4.39 Å². The van der Waals surface area contributed by atoms with Gasteiger partial charge in [-0.2, -0.15) is 0 Å². The SMILES string of the molecule is COc1cccc(NC(C(N)=O)c2ccc(Br)cc2F)c1. The van der Waals surface area contributed by atoms with E-state index < -0.39 is 17.8 Å². The first-order valence-corrected chi connectivity index (χ1v) is 6.95. The Morgan fingerprint density at radius 3 is 2.71 bits per heavy atom. The summed E-state index contributed by atoms with van der Waals surface area (Å²) in [6.07, 6.45) is 0. The lowest BCUT2D eigenvalue weighted by Crippen LogP contribution is -2.28. The van der Waals surface area contributed by atoms with Gasteiger partial charge in [0.2, 0.25) is 5.91 Å². The molecule has 6 heteroatoms. The molecule has 0 bridgehead atoms. The largest absolute Gasteiger partial charge is 0.497 e. The number of rotatable bonds is 5. The average molecular weight is 353 g/mol. The van der Waals surface area contributed by atoms with Crippen LogP contribution in [-0.2, 0) is 4.79 Å². The van der Waals surface area contributed by atoms with E-state index in [2.05, 4.69) is 21.2 Å². The smallest absolute Gasteiger partial charge is 0.244 e.